The lowest BCUT2D eigenvalue weighted by atomic mass is 10.2. The maximum atomic E-state index is 14.0. The molecule has 4 nitrogen and oxygen atoms in total. The summed E-state index contributed by atoms with van der Waals surface area (Å²) in [6, 6.07) is 6.57. The normalized spacial score (nSPS) is 10.3. The lowest BCUT2D eigenvalue weighted by Crippen LogP contribution is -2.08. The molecule has 6 heteroatoms. The summed E-state index contributed by atoms with van der Waals surface area (Å²) >= 11 is 2.96. The van der Waals surface area contributed by atoms with E-state index in [0.29, 0.717) is 13.0 Å². The average Bonchev–Trinajstić information content (AvgIpc) is 2.44. The van der Waals surface area contributed by atoms with Crippen LogP contribution in [0.5, 0.6) is 0 Å². The average molecular weight is 339 g/mol. The summed E-state index contributed by atoms with van der Waals surface area (Å²) in [5.74, 6) is -1.77. The van der Waals surface area contributed by atoms with Crippen molar-refractivity contribution < 1.29 is 14.3 Å². The minimum absolute atomic E-state index is 0.0450. The van der Waals surface area contributed by atoms with Crippen LogP contribution >= 0.6 is 15.9 Å². The van der Waals surface area contributed by atoms with Crippen molar-refractivity contribution in [3.8, 4) is 0 Å². The zero-order valence-corrected chi connectivity index (χ0v) is 12.0. The van der Waals surface area contributed by atoms with E-state index in [1.807, 2.05) is 12.1 Å². The van der Waals surface area contributed by atoms with Gasteiger partial charge in [-0.3, -0.25) is 4.98 Å². The zero-order valence-electron chi connectivity index (χ0n) is 10.4. The van der Waals surface area contributed by atoms with Gasteiger partial charge in [-0.25, -0.2) is 9.18 Å². The van der Waals surface area contributed by atoms with Crippen LogP contribution in [0.2, 0.25) is 0 Å². The molecule has 2 rings (SSSR count). The van der Waals surface area contributed by atoms with E-state index < -0.39 is 11.8 Å². The Morgan fingerprint density at radius 1 is 1.40 bits per heavy atom. The van der Waals surface area contributed by atoms with Crippen molar-refractivity contribution in [1.82, 2.24) is 4.98 Å². The van der Waals surface area contributed by atoms with Crippen LogP contribution in [0.1, 0.15) is 15.9 Å². The van der Waals surface area contributed by atoms with E-state index in [1.54, 1.807) is 12.4 Å². The highest BCUT2D eigenvalue weighted by Crippen LogP contribution is 2.27. The molecule has 0 aliphatic heterocycles. The van der Waals surface area contributed by atoms with E-state index in [0.717, 1.165) is 5.56 Å². The van der Waals surface area contributed by atoms with Crippen molar-refractivity contribution >= 4 is 27.6 Å². The molecule has 0 unspecified atom stereocenters. The number of benzene rings is 1. The van der Waals surface area contributed by atoms with Crippen LogP contribution in [0.15, 0.2) is 41.1 Å². The fourth-order valence-electron chi connectivity index (χ4n) is 1.74. The highest BCUT2D eigenvalue weighted by atomic mass is 79.9. The number of pyridine rings is 1. The lowest BCUT2D eigenvalue weighted by Gasteiger charge is -2.10. The minimum atomic E-state index is -1.17. The first kappa shape index (κ1) is 14.5. The fourth-order valence-corrected chi connectivity index (χ4v) is 2.25. The zero-order chi connectivity index (χ0) is 14.5. The van der Waals surface area contributed by atoms with Gasteiger partial charge >= 0.3 is 5.97 Å². The first-order chi connectivity index (χ1) is 9.59. The summed E-state index contributed by atoms with van der Waals surface area (Å²) < 4.78 is 13.9. The highest BCUT2D eigenvalue weighted by molar-refractivity contribution is 9.10. The van der Waals surface area contributed by atoms with Gasteiger partial charge in [0, 0.05) is 18.9 Å². The number of carboxylic acids is 1. The molecule has 0 aliphatic rings. The van der Waals surface area contributed by atoms with Gasteiger partial charge in [0.05, 0.1) is 15.7 Å². The number of aromatic nitrogens is 1. The molecule has 0 spiro atoms. The molecular weight excluding hydrogens is 327 g/mol. The molecule has 0 aliphatic carbocycles. The van der Waals surface area contributed by atoms with Crippen LogP contribution in [0.4, 0.5) is 10.1 Å². The Morgan fingerprint density at radius 2 is 2.20 bits per heavy atom. The first-order valence-corrected chi connectivity index (χ1v) is 6.73. The topological polar surface area (TPSA) is 62.2 Å². The number of nitrogens with one attached hydrogen (secondary N) is 1. The molecule has 1 aromatic carbocycles. The van der Waals surface area contributed by atoms with Gasteiger partial charge in [0.25, 0.3) is 0 Å². The molecule has 0 atom stereocenters. The van der Waals surface area contributed by atoms with E-state index in [9.17, 15) is 9.18 Å². The molecule has 2 N–H and O–H groups in total. The number of anilines is 1. The Balaban J connectivity index is 2.04. The summed E-state index contributed by atoms with van der Waals surface area (Å²) in [6.07, 6.45) is 4.14. The predicted octanol–water partition coefficient (Wildman–Crippen LogP) is 3.34. The lowest BCUT2D eigenvalue weighted by molar-refractivity contribution is 0.0695. The summed E-state index contributed by atoms with van der Waals surface area (Å²) in [5, 5.41) is 11.8. The molecule has 0 radical (unpaired) electrons. The SMILES string of the molecule is O=C(O)c1ccc(NCCc2cccnc2)c(F)c1Br. The summed E-state index contributed by atoms with van der Waals surface area (Å²) in [4.78, 5) is 14.9. The van der Waals surface area contributed by atoms with Gasteiger partial charge in [0.1, 0.15) is 0 Å². The van der Waals surface area contributed by atoms with Crippen LogP contribution in [0.3, 0.4) is 0 Å². The molecule has 2 aromatic rings. The molecule has 20 heavy (non-hydrogen) atoms. The number of hydrogen-bond acceptors (Lipinski definition) is 3. The van der Waals surface area contributed by atoms with Gasteiger partial charge in [-0.15, -0.1) is 0 Å². The van der Waals surface area contributed by atoms with E-state index in [4.69, 9.17) is 5.11 Å². The number of hydrogen-bond donors (Lipinski definition) is 2. The van der Waals surface area contributed by atoms with Gasteiger partial charge in [-0.1, -0.05) is 6.07 Å². The van der Waals surface area contributed by atoms with Crippen molar-refractivity contribution in [2.24, 2.45) is 0 Å². The van der Waals surface area contributed by atoms with Crippen LogP contribution < -0.4 is 5.32 Å². The van der Waals surface area contributed by atoms with E-state index in [2.05, 4.69) is 26.2 Å². The Bertz CT molecular complexity index is 620. The molecule has 104 valence electrons. The van der Waals surface area contributed by atoms with Gasteiger partial charge in [0.2, 0.25) is 0 Å². The van der Waals surface area contributed by atoms with Crippen LogP contribution in [-0.4, -0.2) is 22.6 Å². The third-order valence-electron chi connectivity index (χ3n) is 2.76. The van der Waals surface area contributed by atoms with Gasteiger partial charge in [0.15, 0.2) is 5.82 Å². The van der Waals surface area contributed by atoms with Crippen molar-refractivity contribution in [3.05, 3.63) is 58.1 Å². The number of aromatic carboxylic acids is 1. The van der Waals surface area contributed by atoms with Gasteiger partial charge in [-0.05, 0) is 46.1 Å². The molecule has 0 bridgehead atoms. The van der Waals surface area contributed by atoms with E-state index >= 15 is 0 Å². The van der Waals surface area contributed by atoms with Crippen LogP contribution in [0, 0.1) is 5.82 Å². The Hall–Kier alpha value is -1.95. The fraction of sp³-hybridized carbons (Fsp3) is 0.143. The Kier molecular flexibility index (Phi) is 4.68. The predicted molar refractivity (Wildman–Crippen MR) is 77.5 cm³/mol. The third kappa shape index (κ3) is 3.33. The molecule has 0 saturated heterocycles. The largest absolute Gasteiger partial charge is 0.478 e. The second-order valence-corrected chi connectivity index (χ2v) is 4.92. The summed E-state index contributed by atoms with van der Waals surface area (Å²) in [7, 11) is 0. The molecule has 1 aromatic heterocycles. The Morgan fingerprint density at radius 3 is 2.85 bits per heavy atom. The second kappa shape index (κ2) is 6.47. The summed E-state index contributed by atoms with van der Waals surface area (Å²) in [5.41, 5.74) is 1.22. The third-order valence-corrected chi connectivity index (χ3v) is 3.54. The molecular formula is C14H12BrFN2O2. The van der Waals surface area contributed by atoms with Crippen LogP contribution in [0.25, 0.3) is 0 Å². The smallest absolute Gasteiger partial charge is 0.336 e. The van der Waals surface area contributed by atoms with Crippen LogP contribution in [-0.2, 0) is 6.42 Å². The minimum Gasteiger partial charge on any atom is -0.478 e. The maximum Gasteiger partial charge on any atom is 0.336 e. The number of nitrogens with zero attached hydrogens (tertiary/aromatic N) is 1. The quantitative estimate of drug-likeness (QED) is 0.877. The maximum absolute atomic E-state index is 14.0. The number of halogens is 2. The molecule has 0 saturated carbocycles. The molecule has 0 amide bonds. The molecule has 1 heterocycles. The standard InChI is InChI=1S/C14H12BrFN2O2/c15-12-10(14(19)20)3-4-11(13(12)16)18-7-5-9-2-1-6-17-8-9/h1-4,6,8,18H,5,7H2,(H,19,20). The van der Waals surface area contributed by atoms with E-state index in [-0.39, 0.29) is 15.7 Å². The second-order valence-electron chi connectivity index (χ2n) is 4.13. The first-order valence-electron chi connectivity index (χ1n) is 5.93. The van der Waals surface area contributed by atoms with Gasteiger partial charge in [-0.2, -0.15) is 0 Å². The number of rotatable bonds is 5. The highest BCUT2D eigenvalue weighted by Gasteiger charge is 2.15. The Labute approximate surface area is 123 Å². The number of carbonyl (C=O) groups is 1. The summed E-state index contributed by atoms with van der Waals surface area (Å²) in [6.45, 7) is 0.529. The van der Waals surface area contributed by atoms with Crippen molar-refractivity contribution in [2.45, 2.75) is 6.42 Å². The van der Waals surface area contributed by atoms with Gasteiger partial charge < -0.3 is 10.4 Å². The molecule has 0 fully saturated rings. The number of carboxylic acid groups (broad SMARTS) is 1. The monoisotopic (exact) mass is 338 g/mol. The van der Waals surface area contributed by atoms with Crippen molar-refractivity contribution in [2.75, 3.05) is 11.9 Å². The van der Waals surface area contributed by atoms with Crippen molar-refractivity contribution in [3.63, 3.8) is 0 Å². The van der Waals surface area contributed by atoms with E-state index in [1.165, 1.54) is 12.1 Å². The van der Waals surface area contributed by atoms with Crippen molar-refractivity contribution in [1.29, 1.82) is 0 Å².